The van der Waals surface area contributed by atoms with Gasteiger partial charge in [-0.15, -0.1) is 0 Å². The molecule has 1 aromatic carbocycles. The predicted octanol–water partition coefficient (Wildman–Crippen LogP) is 2.35. The number of benzene rings is 1. The summed E-state index contributed by atoms with van der Waals surface area (Å²) in [6.45, 7) is 6.41. The zero-order valence-electron chi connectivity index (χ0n) is 11.2. The van der Waals surface area contributed by atoms with Crippen LogP contribution < -0.4 is 4.74 Å². The maximum atomic E-state index is 9.28. The van der Waals surface area contributed by atoms with Crippen molar-refractivity contribution in [1.82, 2.24) is 4.90 Å². The van der Waals surface area contributed by atoms with E-state index in [1.54, 1.807) is 0 Å². The molecule has 1 heterocycles. The van der Waals surface area contributed by atoms with E-state index >= 15 is 0 Å². The Morgan fingerprint density at radius 2 is 2.06 bits per heavy atom. The van der Waals surface area contributed by atoms with Crippen molar-refractivity contribution in [2.45, 2.75) is 32.8 Å². The smallest absolute Gasteiger partial charge is 0.124 e. The maximum Gasteiger partial charge on any atom is 0.124 e. The average Bonchev–Trinajstić information content (AvgIpc) is 2.89. The van der Waals surface area contributed by atoms with Gasteiger partial charge in [-0.3, -0.25) is 0 Å². The van der Waals surface area contributed by atoms with Crippen LogP contribution in [0.25, 0.3) is 0 Å². The van der Waals surface area contributed by atoms with Gasteiger partial charge >= 0.3 is 0 Å². The van der Waals surface area contributed by atoms with E-state index in [2.05, 4.69) is 4.90 Å². The fraction of sp³-hybridized carbons (Fsp3) is 0.600. The van der Waals surface area contributed by atoms with E-state index < -0.39 is 0 Å². The van der Waals surface area contributed by atoms with Gasteiger partial charge in [0.25, 0.3) is 0 Å². The molecule has 1 aliphatic heterocycles. The molecule has 1 fully saturated rings. The van der Waals surface area contributed by atoms with E-state index in [4.69, 9.17) is 4.74 Å². The molecule has 0 aromatic heterocycles. The van der Waals surface area contributed by atoms with Crippen LogP contribution in [0.1, 0.15) is 30.4 Å². The Kier molecular flexibility index (Phi) is 5.02. The first-order valence-corrected chi connectivity index (χ1v) is 6.85. The van der Waals surface area contributed by atoms with Crippen LogP contribution in [0.4, 0.5) is 0 Å². The molecule has 0 spiro atoms. The number of aryl methyl sites for hydroxylation is 1. The molecular weight excluding hydrogens is 226 g/mol. The lowest BCUT2D eigenvalue weighted by Gasteiger charge is -2.15. The second-order valence-electron chi connectivity index (χ2n) is 5.02. The van der Waals surface area contributed by atoms with Crippen LogP contribution in [-0.2, 0) is 6.61 Å². The largest absolute Gasteiger partial charge is 0.493 e. The van der Waals surface area contributed by atoms with Gasteiger partial charge in [0, 0.05) is 12.1 Å². The van der Waals surface area contributed by atoms with Crippen molar-refractivity contribution in [3.05, 3.63) is 29.3 Å². The molecule has 3 heteroatoms. The summed E-state index contributed by atoms with van der Waals surface area (Å²) in [5, 5.41) is 9.28. The van der Waals surface area contributed by atoms with Crippen LogP contribution in [0.15, 0.2) is 18.2 Å². The Morgan fingerprint density at radius 1 is 1.28 bits per heavy atom. The van der Waals surface area contributed by atoms with Crippen LogP contribution in [0, 0.1) is 6.92 Å². The first-order chi connectivity index (χ1) is 8.79. The molecular formula is C15H23NO2. The van der Waals surface area contributed by atoms with Gasteiger partial charge in [-0.2, -0.15) is 0 Å². The number of hydrogen-bond donors (Lipinski definition) is 1. The summed E-state index contributed by atoms with van der Waals surface area (Å²) >= 11 is 0. The van der Waals surface area contributed by atoms with Crippen molar-refractivity contribution >= 4 is 0 Å². The molecule has 0 bridgehead atoms. The third-order valence-electron chi connectivity index (χ3n) is 3.46. The third kappa shape index (κ3) is 3.72. The summed E-state index contributed by atoms with van der Waals surface area (Å²) in [5.41, 5.74) is 2.04. The predicted molar refractivity (Wildman–Crippen MR) is 72.9 cm³/mol. The minimum absolute atomic E-state index is 0.0448. The SMILES string of the molecule is Cc1ccc(OCCCN2CCCC2)c(CO)c1. The standard InChI is InChI=1S/C15H23NO2/c1-13-5-6-15(14(11-13)12-17)18-10-4-9-16-7-2-3-8-16/h5-6,11,17H,2-4,7-10,12H2,1H3. The van der Waals surface area contributed by atoms with E-state index in [0.29, 0.717) is 0 Å². The highest BCUT2D eigenvalue weighted by Gasteiger charge is 2.10. The number of nitrogens with zero attached hydrogens (tertiary/aromatic N) is 1. The molecule has 0 saturated carbocycles. The number of hydrogen-bond acceptors (Lipinski definition) is 3. The lowest BCUT2D eigenvalue weighted by atomic mass is 10.1. The van der Waals surface area contributed by atoms with Gasteiger partial charge in [-0.1, -0.05) is 17.7 Å². The van der Waals surface area contributed by atoms with Crippen molar-refractivity contribution < 1.29 is 9.84 Å². The summed E-state index contributed by atoms with van der Waals surface area (Å²) in [6, 6.07) is 5.96. The highest BCUT2D eigenvalue weighted by molar-refractivity contribution is 5.36. The van der Waals surface area contributed by atoms with Crippen LogP contribution in [0.3, 0.4) is 0 Å². The quantitative estimate of drug-likeness (QED) is 0.786. The van der Waals surface area contributed by atoms with Crippen molar-refractivity contribution in [3.63, 3.8) is 0 Å². The van der Waals surface area contributed by atoms with E-state index in [1.165, 1.54) is 25.9 Å². The zero-order chi connectivity index (χ0) is 12.8. The summed E-state index contributed by atoms with van der Waals surface area (Å²) in [7, 11) is 0. The minimum Gasteiger partial charge on any atom is -0.493 e. The molecule has 0 aliphatic carbocycles. The van der Waals surface area contributed by atoms with E-state index in [-0.39, 0.29) is 6.61 Å². The molecule has 1 aromatic rings. The Labute approximate surface area is 109 Å². The molecule has 3 nitrogen and oxygen atoms in total. The molecule has 0 radical (unpaired) electrons. The van der Waals surface area contributed by atoms with Crippen LogP contribution in [0.2, 0.25) is 0 Å². The van der Waals surface area contributed by atoms with Gasteiger partial charge in [0.05, 0.1) is 13.2 Å². The fourth-order valence-electron chi connectivity index (χ4n) is 2.45. The van der Waals surface area contributed by atoms with Crippen molar-refractivity contribution in [2.24, 2.45) is 0 Å². The van der Waals surface area contributed by atoms with Crippen LogP contribution >= 0.6 is 0 Å². The maximum absolute atomic E-state index is 9.28. The van der Waals surface area contributed by atoms with Gasteiger partial charge in [0.15, 0.2) is 0 Å². The molecule has 1 N–H and O–H groups in total. The molecule has 1 saturated heterocycles. The van der Waals surface area contributed by atoms with Gasteiger partial charge in [0.2, 0.25) is 0 Å². The first-order valence-electron chi connectivity index (χ1n) is 6.85. The van der Waals surface area contributed by atoms with Gasteiger partial charge in [-0.05, 0) is 45.3 Å². The van der Waals surface area contributed by atoms with Crippen molar-refractivity contribution in [1.29, 1.82) is 0 Å². The monoisotopic (exact) mass is 249 g/mol. The summed E-state index contributed by atoms with van der Waals surface area (Å²) in [4.78, 5) is 2.49. The summed E-state index contributed by atoms with van der Waals surface area (Å²) < 4.78 is 5.76. The topological polar surface area (TPSA) is 32.7 Å². The van der Waals surface area contributed by atoms with Gasteiger partial charge < -0.3 is 14.7 Å². The molecule has 2 rings (SSSR count). The Hall–Kier alpha value is -1.06. The average molecular weight is 249 g/mol. The van der Waals surface area contributed by atoms with E-state index in [0.717, 1.165) is 36.4 Å². The highest BCUT2D eigenvalue weighted by Crippen LogP contribution is 2.20. The highest BCUT2D eigenvalue weighted by atomic mass is 16.5. The molecule has 18 heavy (non-hydrogen) atoms. The minimum atomic E-state index is 0.0448. The fourth-order valence-corrected chi connectivity index (χ4v) is 2.45. The number of ether oxygens (including phenoxy) is 1. The Morgan fingerprint density at radius 3 is 2.78 bits per heavy atom. The number of aliphatic hydroxyl groups excluding tert-OH is 1. The third-order valence-corrected chi connectivity index (χ3v) is 3.46. The molecule has 0 unspecified atom stereocenters. The second kappa shape index (κ2) is 6.76. The number of likely N-dealkylation sites (tertiary alicyclic amines) is 1. The number of rotatable bonds is 6. The Balaban J connectivity index is 1.75. The summed E-state index contributed by atoms with van der Waals surface area (Å²) in [5.74, 6) is 0.824. The van der Waals surface area contributed by atoms with Crippen LogP contribution in [0.5, 0.6) is 5.75 Å². The van der Waals surface area contributed by atoms with Gasteiger partial charge in [-0.25, -0.2) is 0 Å². The normalized spacial score (nSPS) is 16.1. The van der Waals surface area contributed by atoms with Gasteiger partial charge in [0.1, 0.15) is 5.75 Å². The Bertz CT molecular complexity index is 373. The lowest BCUT2D eigenvalue weighted by molar-refractivity contribution is 0.246. The zero-order valence-corrected chi connectivity index (χ0v) is 11.2. The van der Waals surface area contributed by atoms with Crippen LogP contribution in [-0.4, -0.2) is 36.2 Å². The molecule has 0 atom stereocenters. The second-order valence-corrected chi connectivity index (χ2v) is 5.02. The molecule has 1 aliphatic rings. The van der Waals surface area contributed by atoms with E-state index in [1.807, 2.05) is 25.1 Å². The molecule has 0 amide bonds. The summed E-state index contributed by atoms with van der Waals surface area (Å²) in [6.07, 6.45) is 3.74. The van der Waals surface area contributed by atoms with Crippen molar-refractivity contribution in [2.75, 3.05) is 26.2 Å². The lowest BCUT2D eigenvalue weighted by Crippen LogP contribution is -2.22. The first kappa shape index (κ1) is 13.4. The number of aliphatic hydroxyl groups is 1. The van der Waals surface area contributed by atoms with Crippen molar-refractivity contribution in [3.8, 4) is 5.75 Å². The molecule has 100 valence electrons. The van der Waals surface area contributed by atoms with E-state index in [9.17, 15) is 5.11 Å².